The summed E-state index contributed by atoms with van der Waals surface area (Å²) < 4.78 is 5.39. The minimum atomic E-state index is -0.313. The molecule has 0 unspecified atom stereocenters. The predicted molar refractivity (Wildman–Crippen MR) is 106 cm³/mol. The van der Waals surface area contributed by atoms with E-state index in [4.69, 9.17) is 4.74 Å². The first-order chi connectivity index (χ1) is 12.3. The fraction of sp³-hybridized carbons (Fsp3) is 0.619. The first-order valence-corrected chi connectivity index (χ1v) is 9.49. The lowest BCUT2D eigenvalue weighted by Gasteiger charge is -2.37. The van der Waals surface area contributed by atoms with Crippen molar-refractivity contribution in [2.45, 2.75) is 59.5 Å². The zero-order valence-electron chi connectivity index (χ0n) is 16.9. The Morgan fingerprint density at radius 3 is 2.23 bits per heavy atom. The number of allylic oxidation sites excluding steroid dienone is 3. The van der Waals surface area contributed by atoms with Crippen LogP contribution in [-0.2, 0) is 9.53 Å². The Balaban J connectivity index is 2.52. The quantitative estimate of drug-likeness (QED) is 0.639. The van der Waals surface area contributed by atoms with Crippen molar-refractivity contribution < 1.29 is 14.3 Å². The van der Waals surface area contributed by atoms with Crippen LogP contribution in [0.4, 0.5) is 4.79 Å². The molecule has 1 saturated heterocycles. The molecule has 0 N–H and O–H groups in total. The van der Waals surface area contributed by atoms with Crippen LogP contribution in [0.2, 0.25) is 0 Å². The summed E-state index contributed by atoms with van der Waals surface area (Å²) in [5, 5.41) is 0. The number of nitrogens with zero attached hydrogens (tertiary/aromatic N) is 2. The van der Waals surface area contributed by atoms with Crippen molar-refractivity contribution in [3.63, 3.8) is 0 Å². The number of rotatable bonds is 7. The summed E-state index contributed by atoms with van der Waals surface area (Å²) in [5.41, 5.74) is 0.924. The highest BCUT2D eigenvalue weighted by molar-refractivity contribution is 5.80. The second kappa shape index (κ2) is 10.8. The van der Waals surface area contributed by atoms with Gasteiger partial charge in [0.25, 0.3) is 0 Å². The van der Waals surface area contributed by atoms with Crippen molar-refractivity contribution in [2.24, 2.45) is 5.92 Å². The van der Waals surface area contributed by atoms with E-state index < -0.39 is 0 Å². The van der Waals surface area contributed by atoms with Crippen LogP contribution in [0.1, 0.15) is 47.5 Å². The average molecular weight is 363 g/mol. The number of carbonyl (C=O) groups excluding carboxylic acids is 2. The second-order valence-electron chi connectivity index (χ2n) is 7.21. The van der Waals surface area contributed by atoms with Gasteiger partial charge >= 0.3 is 6.09 Å². The van der Waals surface area contributed by atoms with Crippen LogP contribution in [0.25, 0.3) is 0 Å². The SMILES string of the molecule is C=C/C=C\C(=C/C)COC(=O)N1CCC(C(=O)N(C(C)C)C(C)C)CC1. The van der Waals surface area contributed by atoms with Gasteiger partial charge in [0.2, 0.25) is 5.91 Å². The molecular weight excluding hydrogens is 328 g/mol. The van der Waals surface area contributed by atoms with Crippen molar-refractivity contribution in [1.29, 1.82) is 0 Å². The highest BCUT2D eigenvalue weighted by Crippen LogP contribution is 2.22. The molecule has 0 radical (unpaired) electrons. The standard InChI is InChI=1S/C21H34N2O3/c1-7-9-10-18(8-2)15-26-21(25)22-13-11-19(12-14-22)20(24)23(16(3)4)17(5)6/h7-10,16-17,19H,1,11-15H2,2-6H3/b10-9-,18-8+. The minimum Gasteiger partial charge on any atom is -0.445 e. The largest absolute Gasteiger partial charge is 0.445 e. The fourth-order valence-electron chi connectivity index (χ4n) is 3.28. The van der Waals surface area contributed by atoms with E-state index in [1.165, 1.54) is 0 Å². The maximum absolute atomic E-state index is 12.8. The van der Waals surface area contributed by atoms with Crippen molar-refractivity contribution in [1.82, 2.24) is 9.80 Å². The molecule has 26 heavy (non-hydrogen) atoms. The van der Waals surface area contributed by atoms with Gasteiger partial charge in [-0.25, -0.2) is 4.79 Å². The number of hydrogen-bond donors (Lipinski definition) is 0. The molecule has 1 rings (SSSR count). The van der Waals surface area contributed by atoms with E-state index >= 15 is 0 Å². The van der Waals surface area contributed by atoms with Gasteiger partial charge in [0, 0.05) is 31.1 Å². The van der Waals surface area contributed by atoms with Crippen molar-refractivity contribution >= 4 is 12.0 Å². The average Bonchev–Trinajstić information content (AvgIpc) is 2.61. The molecule has 0 aromatic rings. The molecule has 0 aliphatic carbocycles. The Kier molecular flexibility index (Phi) is 9.17. The molecule has 0 spiro atoms. The number of likely N-dealkylation sites (tertiary alicyclic amines) is 1. The Morgan fingerprint density at radius 1 is 1.19 bits per heavy atom. The van der Waals surface area contributed by atoms with Crippen molar-refractivity contribution in [2.75, 3.05) is 19.7 Å². The first kappa shape index (κ1) is 22.0. The van der Waals surface area contributed by atoms with Crippen LogP contribution in [0.5, 0.6) is 0 Å². The summed E-state index contributed by atoms with van der Waals surface area (Å²) in [5.74, 6) is 0.194. The van der Waals surface area contributed by atoms with Crippen LogP contribution in [-0.4, -0.2) is 53.6 Å². The molecule has 0 aromatic carbocycles. The Morgan fingerprint density at radius 2 is 1.77 bits per heavy atom. The predicted octanol–water partition coefficient (Wildman–Crippen LogP) is 4.17. The van der Waals surface area contributed by atoms with E-state index in [-0.39, 0.29) is 36.6 Å². The van der Waals surface area contributed by atoms with E-state index in [1.54, 1.807) is 11.0 Å². The molecule has 1 aliphatic heterocycles. The van der Waals surface area contributed by atoms with Crippen LogP contribution in [0.3, 0.4) is 0 Å². The molecular formula is C21H34N2O3. The Bertz CT molecular complexity index is 533. The molecule has 146 valence electrons. The van der Waals surface area contributed by atoms with Crippen LogP contribution in [0.15, 0.2) is 36.5 Å². The van der Waals surface area contributed by atoms with Crippen LogP contribution >= 0.6 is 0 Å². The zero-order chi connectivity index (χ0) is 19.7. The Labute approximate surface area is 158 Å². The monoisotopic (exact) mass is 362 g/mol. The van der Waals surface area contributed by atoms with Crippen molar-refractivity contribution in [3.05, 3.63) is 36.5 Å². The number of ether oxygens (including phenoxy) is 1. The summed E-state index contributed by atoms with van der Waals surface area (Å²) in [6.45, 7) is 15.1. The third-order valence-corrected chi connectivity index (χ3v) is 4.65. The fourth-order valence-corrected chi connectivity index (χ4v) is 3.28. The molecule has 0 bridgehead atoms. The van der Waals surface area contributed by atoms with Gasteiger partial charge in [-0.3, -0.25) is 4.79 Å². The molecule has 0 atom stereocenters. The number of carbonyl (C=O) groups is 2. The lowest BCUT2D eigenvalue weighted by atomic mass is 9.94. The van der Waals surface area contributed by atoms with Gasteiger partial charge in [0.1, 0.15) is 6.61 Å². The molecule has 0 aromatic heterocycles. The molecule has 5 heteroatoms. The number of amides is 2. The smallest absolute Gasteiger partial charge is 0.410 e. The van der Waals surface area contributed by atoms with E-state index in [9.17, 15) is 9.59 Å². The van der Waals surface area contributed by atoms with Gasteiger partial charge in [0.15, 0.2) is 0 Å². The normalized spacial score (nSPS) is 16.4. The van der Waals surface area contributed by atoms with Gasteiger partial charge in [0.05, 0.1) is 0 Å². The summed E-state index contributed by atoms with van der Waals surface area (Å²) in [4.78, 5) is 28.7. The highest BCUT2D eigenvalue weighted by atomic mass is 16.6. The third kappa shape index (κ3) is 6.36. The van der Waals surface area contributed by atoms with Crippen LogP contribution in [0, 0.1) is 5.92 Å². The first-order valence-electron chi connectivity index (χ1n) is 9.49. The summed E-state index contributed by atoms with van der Waals surface area (Å²) >= 11 is 0. The lowest BCUT2D eigenvalue weighted by molar-refractivity contribution is -0.140. The van der Waals surface area contributed by atoms with Gasteiger partial charge in [-0.1, -0.05) is 30.9 Å². The van der Waals surface area contributed by atoms with E-state index in [1.807, 2.05) is 57.7 Å². The van der Waals surface area contributed by atoms with E-state index in [0.717, 1.165) is 5.57 Å². The van der Waals surface area contributed by atoms with Gasteiger partial charge < -0.3 is 14.5 Å². The third-order valence-electron chi connectivity index (χ3n) is 4.65. The van der Waals surface area contributed by atoms with Gasteiger partial charge in [-0.15, -0.1) is 0 Å². The minimum absolute atomic E-state index is 0.00882. The molecule has 1 aliphatic rings. The maximum Gasteiger partial charge on any atom is 0.410 e. The topological polar surface area (TPSA) is 49.9 Å². The summed E-state index contributed by atoms with van der Waals surface area (Å²) in [6, 6.07) is 0.377. The lowest BCUT2D eigenvalue weighted by Crippen LogP contribution is -2.48. The van der Waals surface area contributed by atoms with Gasteiger partial charge in [-0.2, -0.15) is 0 Å². The van der Waals surface area contributed by atoms with E-state index in [0.29, 0.717) is 25.9 Å². The van der Waals surface area contributed by atoms with Gasteiger partial charge in [-0.05, 0) is 53.0 Å². The molecule has 5 nitrogen and oxygen atoms in total. The molecule has 0 saturated carbocycles. The van der Waals surface area contributed by atoms with Crippen molar-refractivity contribution in [3.8, 4) is 0 Å². The zero-order valence-corrected chi connectivity index (χ0v) is 16.9. The maximum atomic E-state index is 12.8. The number of piperidine rings is 1. The molecule has 1 heterocycles. The number of hydrogen-bond acceptors (Lipinski definition) is 3. The molecule has 1 fully saturated rings. The molecule has 2 amide bonds. The van der Waals surface area contributed by atoms with E-state index in [2.05, 4.69) is 6.58 Å². The summed E-state index contributed by atoms with van der Waals surface area (Å²) in [7, 11) is 0. The highest BCUT2D eigenvalue weighted by Gasteiger charge is 2.32. The second-order valence-corrected chi connectivity index (χ2v) is 7.21. The Hall–Kier alpha value is -2.04. The summed E-state index contributed by atoms with van der Waals surface area (Å²) in [6.07, 6.45) is 8.35. The van der Waals surface area contributed by atoms with Crippen LogP contribution < -0.4 is 0 Å².